The van der Waals surface area contributed by atoms with E-state index in [1.54, 1.807) is 12.1 Å². The van der Waals surface area contributed by atoms with E-state index < -0.39 is 17.5 Å². The van der Waals surface area contributed by atoms with Crippen molar-refractivity contribution in [1.29, 1.82) is 0 Å². The number of hydrogen-bond acceptors (Lipinski definition) is 8. The zero-order valence-corrected chi connectivity index (χ0v) is 25.2. The molecule has 4 aromatic rings. The molecule has 5 aliphatic rings. The molecule has 4 fully saturated rings. The SMILES string of the molecule is CCc1c(F)ccc2cccc(-c3nc4c5c(nc(OC[C@@]67CCCN6C[C@H](F)C7)nc5c3F)N3CC5CCC(N5)C3CO4)c12. The average molecular weight is 617 g/mol. The highest BCUT2D eigenvalue weighted by molar-refractivity contribution is 6.02. The molecule has 4 saturated heterocycles. The van der Waals surface area contributed by atoms with Crippen molar-refractivity contribution in [3.63, 3.8) is 0 Å². The van der Waals surface area contributed by atoms with Gasteiger partial charge >= 0.3 is 6.01 Å². The van der Waals surface area contributed by atoms with Gasteiger partial charge in [0.1, 0.15) is 47.6 Å². The lowest BCUT2D eigenvalue weighted by atomic mass is 9.95. The largest absolute Gasteiger partial charge is 0.475 e. The van der Waals surface area contributed by atoms with Crippen molar-refractivity contribution in [3.8, 4) is 23.1 Å². The van der Waals surface area contributed by atoms with Crippen LogP contribution in [-0.4, -0.2) is 82.5 Å². The van der Waals surface area contributed by atoms with E-state index in [2.05, 4.69) is 20.1 Å². The number of aromatic nitrogens is 3. The van der Waals surface area contributed by atoms with E-state index in [0.717, 1.165) is 37.6 Å². The zero-order valence-electron chi connectivity index (χ0n) is 25.2. The normalized spacial score (nSPS) is 28.8. The summed E-state index contributed by atoms with van der Waals surface area (Å²) in [6.07, 6.45) is 3.85. The average Bonchev–Trinajstić information content (AvgIpc) is 3.68. The van der Waals surface area contributed by atoms with E-state index >= 15 is 8.78 Å². The number of ether oxygens (including phenoxy) is 2. The van der Waals surface area contributed by atoms with Crippen molar-refractivity contribution in [1.82, 2.24) is 25.2 Å². The fraction of sp³-hybridized carbons (Fsp3) is 0.500. The molecule has 9 rings (SSSR count). The number of alkyl halides is 1. The van der Waals surface area contributed by atoms with Crippen LogP contribution in [0, 0.1) is 11.6 Å². The molecule has 11 heteroatoms. The smallest absolute Gasteiger partial charge is 0.319 e. The summed E-state index contributed by atoms with van der Waals surface area (Å²) in [7, 11) is 0. The van der Waals surface area contributed by atoms with Crippen LogP contribution < -0.4 is 19.7 Å². The Balaban J connectivity index is 1.23. The Morgan fingerprint density at radius 3 is 2.89 bits per heavy atom. The highest BCUT2D eigenvalue weighted by Gasteiger charge is 2.50. The Morgan fingerprint density at radius 2 is 2.00 bits per heavy atom. The lowest BCUT2D eigenvalue weighted by Crippen LogP contribution is -2.60. The van der Waals surface area contributed by atoms with Crippen LogP contribution in [0.25, 0.3) is 32.9 Å². The van der Waals surface area contributed by atoms with E-state index in [1.807, 2.05) is 19.1 Å². The molecule has 3 unspecified atom stereocenters. The first-order chi connectivity index (χ1) is 21.9. The molecule has 0 saturated carbocycles. The number of hydrogen-bond donors (Lipinski definition) is 1. The number of fused-ring (bicyclic) bond motifs is 7. The fourth-order valence-electron chi connectivity index (χ4n) is 8.78. The minimum atomic E-state index is -0.891. The molecule has 8 nitrogen and oxygen atoms in total. The van der Waals surface area contributed by atoms with Crippen LogP contribution in [0.5, 0.6) is 11.9 Å². The molecule has 5 atom stereocenters. The molecule has 0 amide bonds. The second-order valence-corrected chi connectivity index (χ2v) is 13.4. The summed E-state index contributed by atoms with van der Waals surface area (Å²) in [4.78, 5) is 18.8. The number of benzene rings is 2. The maximum absolute atomic E-state index is 17.0. The Hall–Kier alpha value is -3.70. The molecule has 1 N–H and O–H groups in total. The first-order valence-corrected chi connectivity index (χ1v) is 16.2. The van der Waals surface area contributed by atoms with Gasteiger partial charge in [-0.05, 0) is 61.1 Å². The van der Waals surface area contributed by atoms with Crippen molar-refractivity contribution in [2.24, 2.45) is 0 Å². The van der Waals surface area contributed by atoms with Gasteiger partial charge < -0.3 is 19.7 Å². The summed E-state index contributed by atoms with van der Waals surface area (Å²) < 4.78 is 59.3. The van der Waals surface area contributed by atoms with Gasteiger partial charge in [0.15, 0.2) is 5.82 Å². The van der Waals surface area contributed by atoms with Gasteiger partial charge in [0.25, 0.3) is 0 Å². The van der Waals surface area contributed by atoms with E-state index in [4.69, 9.17) is 19.4 Å². The monoisotopic (exact) mass is 616 g/mol. The van der Waals surface area contributed by atoms with Crippen LogP contribution in [0.2, 0.25) is 0 Å². The standard InChI is InChI=1S/C34H35F3N6O2/c1-2-21-23(36)9-7-18-5-3-6-22(26(18)21)29-28(37)30-27-31(43-15-20-8-10-24(38-20)25(43)16-44-32(27)39-29)41-33(40-30)45-17-34-11-4-12-42(34)14-19(35)13-34/h3,5-7,9,19-20,24-25,38H,2,4,8,10-17H2,1H3/t19-,20?,24?,25?,34+/m1/s1. The Kier molecular flexibility index (Phi) is 6.23. The molecular formula is C34H35F3N6O2. The van der Waals surface area contributed by atoms with Crippen LogP contribution in [0.15, 0.2) is 30.3 Å². The van der Waals surface area contributed by atoms with Crippen LogP contribution in [0.1, 0.15) is 44.6 Å². The summed E-state index contributed by atoms with van der Waals surface area (Å²) in [5.41, 5.74) is 0.695. The van der Waals surface area contributed by atoms with E-state index in [1.165, 1.54) is 6.07 Å². The van der Waals surface area contributed by atoms with Crippen LogP contribution >= 0.6 is 0 Å². The second kappa shape index (κ2) is 10.2. The summed E-state index contributed by atoms with van der Waals surface area (Å²) in [5.74, 6) is -0.156. The van der Waals surface area contributed by atoms with Gasteiger partial charge in [-0.2, -0.15) is 9.97 Å². The minimum Gasteiger partial charge on any atom is -0.475 e. The molecule has 0 radical (unpaired) electrons. The third kappa shape index (κ3) is 4.15. The summed E-state index contributed by atoms with van der Waals surface area (Å²) in [5, 5.41) is 5.54. The molecular weight excluding hydrogens is 581 g/mol. The maximum Gasteiger partial charge on any atom is 0.319 e. The Bertz CT molecular complexity index is 1860. The minimum absolute atomic E-state index is 0.0280. The van der Waals surface area contributed by atoms with Gasteiger partial charge in [0.2, 0.25) is 5.88 Å². The number of pyridine rings is 1. The van der Waals surface area contributed by atoms with Crippen molar-refractivity contribution in [3.05, 3.63) is 47.5 Å². The fourth-order valence-corrected chi connectivity index (χ4v) is 8.78. The Morgan fingerprint density at radius 1 is 1.09 bits per heavy atom. The molecule has 2 aromatic carbocycles. The van der Waals surface area contributed by atoms with Gasteiger partial charge in [-0.3, -0.25) is 4.90 Å². The first-order valence-electron chi connectivity index (χ1n) is 16.2. The summed E-state index contributed by atoms with van der Waals surface area (Å²) in [6.45, 7) is 4.42. The second-order valence-electron chi connectivity index (χ2n) is 13.4. The quantitative estimate of drug-likeness (QED) is 0.322. The molecule has 0 spiro atoms. The highest BCUT2D eigenvalue weighted by atomic mass is 19.1. The number of anilines is 1. The lowest BCUT2D eigenvalue weighted by Gasteiger charge is -2.40. The highest BCUT2D eigenvalue weighted by Crippen LogP contribution is 2.45. The maximum atomic E-state index is 17.0. The first kappa shape index (κ1) is 27.6. The number of rotatable bonds is 5. The predicted octanol–water partition coefficient (Wildman–Crippen LogP) is 5.34. The molecule has 234 valence electrons. The van der Waals surface area contributed by atoms with Gasteiger partial charge in [-0.15, -0.1) is 0 Å². The van der Waals surface area contributed by atoms with E-state index in [-0.39, 0.29) is 47.6 Å². The number of piperazine rings is 1. The van der Waals surface area contributed by atoms with Gasteiger partial charge in [0, 0.05) is 37.2 Å². The van der Waals surface area contributed by atoms with Gasteiger partial charge in [-0.25, -0.2) is 18.2 Å². The van der Waals surface area contributed by atoms with Crippen molar-refractivity contribution in [2.75, 3.05) is 37.7 Å². The third-order valence-corrected chi connectivity index (χ3v) is 10.9. The van der Waals surface area contributed by atoms with Crippen molar-refractivity contribution < 1.29 is 22.6 Å². The third-order valence-electron chi connectivity index (χ3n) is 10.9. The Labute approximate surface area is 258 Å². The molecule has 45 heavy (non-hydrogen) atoms. The number of nitrogens with zero attached hydrogens (tertiary/aromatic N) is 5. The molecule has 0 aliphatic carbocycles. The molecule has 7 heterocycles. The molecule has 5 aliphatic heterocycles. The van der Waals surface area contributed by atoms with Crippen LogP contribution in [0.4, 0.5) is 19.0 Å². The lowest BCUT2D eigenvalue weighted by molar-refractivity contribution is 0.107. The summed E-state index contributed by atoms with van der Waals surface area (Å²) >= 11 is 0. The number of halogens is 3. The van der Waals surface area contributed by atoms with Crippen molar-refractivity contribution >= 4 is 27.5 Å². The van der Waals surface area contributed by atoms with Crippen molar-refractivity contribution in [2.45, 2.75) is 75.3 Å². The van der Waals surface area contributed by atoms with Crippen LogP contribution in [0.3, 0.4) is 0 Å². The number of aryl methyl sites for hydroxylation is 1. The van der Waals surface area contributed by atoms with Gasteiger partial charge in [-0.1, -0.05) is 31.2 Å². The zero-order chi connectivity index (χ0) is 30.4. The predicted molar refractivity (Wildman–Crippen MR) is 165 cm³/mol. The molecule has 2 bridgehead atoms. The number of nitrogens with one attached hydrogen (secondary N) is 1. The van der Waals surface area contributed by atoms with E-state index in [0.29, 0.717) is 66.3 Å². The topological polar surface area (TPSA) is 75.6 Å². The van der Waals surface area contributed by atoms with Crippen LogP contribution in [-0.2, 0) is 6.42 Å². The van der Waals surface area contributed by atoms with Gasteiger partial charge in [0.05, 0.1) is 11.6 Å². The van der Waals surface area contributed by atoms with E-state index in [9.17, 15) is 4.39 Å². The molecule has 2 aromatic heterocycles. The summed E-state index contributed by atoms with van der Waals surface area (Å²) in [6, 6.07) is 9.19.